The van der Waals surface area contributed by atoms with E-state index >= 15 is 0 Å². The third-order valence-electron chi connectivity index (χ3n) is 5.31. The first-order chi connectivity index (χ1) is 11.3. The first kappa shape index (κ1) is 22.0. The molecule has 0 atom stereocenters. The van der Waals surface area contributed by atoms with Gasteiger partial charge in [0.1, 0.15) is 0 Å². The second-order valence-corrected chi connectivity index (χ2v) is 7.22. The summed E-state index contributed by atoms with van der Waals surface area (Å²) in [4.78, 5) is 9.33. The molecule has 0 amide bonds. The molecule has 6 heteroatoms. The third-order valence-corrected chi connectivity index (χ3v) is 5.31. The summed E-state index contributed by atoms with van der Waals surface area (Å²) in [6.07, 6.45) is 9.75. The lowest BCUT2D eigenvalue weighted by atomic mass is 10.0. The molecule has 1 aliphatic carbocycles. The molecule has 5 nitrogen and oxygen atoms in total. The Morgan fingerprint density at radius 3 is 2.50 bits per heavy atom. The maximum Gasteiger partial charge on any atom is 0.191 e. The minimum Gasteiger partial charge on any atom is -0.356 e. The minimum atomic E-state index is 0. The van der Waals surface area contributed by atoms with Gasteiger partial charge in [-0.2, -0.15) is 0 Å². The summed E-state index contributed by atoms with van der Waals surface area (Å²) < 4.78 is 0. The van der Waals surface area contributed by atoms with Crippen LogP contribution in [-0.2, 0) is 0 Å². The fraction of sp³-hybridized carbons (Fsp3) is 0.944. The number of likely N-dealkylation sites (N-methyl/N-ethyl adjacent to an activating group) is 1. The smallest absolute Gasteiger partial charge is 0.191 e. The van der Waals surface area contributed by atoms with Crippen LogP contribution in [0.5, 0.6) is 0 Å². The number of nitrogens with one attached hydrogen (secondary N) is 2. The van der Waals surface area contributed by atoms with E-state index in [2.05, 4.69) is 32.5 Å². The van der Waals surface area contributed by atoms with Gasteiger partial charge in [0.05, 0.1) is 0 Å². The van der Waals surface area contributed by atoms with Gasteiger partial charge in [0, 0.05) is 39.8 Å². The van der Waals surface area contributed by atoms with Crippen LogP contribution < -0.4 is 10.6 Å². The van der Waals surface area contributed by atoms with Crippen molar-refractivity contribution in [2.75, 3.05) is 59.9 Å². The highest BCUT2D eigenvalue weighted by molar-refractivity contribution is 14.0. The Balaban J connectivity index is 0.00000288. The molecule has 0 aromatic heterocycles. The van der Waals surface area contributed by atoms with Crippen molar-refractivity contribution >= 4 is 29.9 Å². The van der Waals surface area contributed by atoms with Crippen molar-refractivity contribution in [1.29, 1.82) is 0 Å². The van der Waals surface area contributed by atoms with Gasteiger partial charge in [-0.1, -0.05) is 25.7 Å². The molecular weight excluding hydrogens is 413 g/mol. The maximum absolute atomic E-state index is 4.34. The van der Waals surface area contributed by atoms with Crippen molar-refractivity contribution in [2.24, 2.45) is 10.9 Å². The largest absolute Gasteiger partial charge is 0.356 e. The predicted octanol–water partition coefficient (Wildman–Crippen LogP) is 2.38. The minimum absolute atomic E-state index is 0. The van der Waals surface area contributed by atoms with Gasteiger partial charge < -0.3 is 20.4 Å². The highest BCUT2D eigenvalue weighted by Crippen LogP contribution is 2.28. The van der Waals surface area contributed by atoms with Gasteiger partial charge in [0.25, 0.3) is 0 Å². The van der Waals surface area contributed by atoms with Gasteiger partial charge >= 0.3 is 0 Å². The number of aliphatic imine (C=N–C) groups is 1. The van der Waals surface area contributed by atoms with Gasteiger partial charge in [-0.15, -0.1) is 24.0 Å². The molecule has 0 bridgehead atoms. The SMILES string of the molecule is CN=C(NCCCC1CCCC1)NCCN1CCCN(C)CC1.I. The topological polar surface area (TPSA) is 42.9 Å². The molecule has 2 N–H and O–H groups in total. The molecule has 0 aromatic rings. The lowest BCUT2D eigenvalue weighted by Gasteiger charge is -2.21. The number of halogens is 1. The van der Waals surface area contributed by atoms with E-state index in [1.54, 1.807) is 0 Å². The zero-order valence-corrected chi connectivity index (χ0v) is 18.1. The number of nitrogens with zero attached hydrogens (tertiary/aromatic N) is 3. The van der Waals surface area contributed by atoms with Gasteiger partial charge in [-0.3, -0.25) is 4.99 Å². The van der Waals surface area contributed by atoms with Gasteiger partial charge in [0.2, 0.25) is 0 Å². The van der Waals surface area contributed by atoms with Crippen LogP contribution in [-0.4, -0.2) is 75.7 Å². The first-order valence-corrected chi connectivity index (χ1v) is 9.63. The Hall–Kier alpha value is -0.0800. The molecule has 142 valence electrons. The Labute approximate surface area is 166 Å². The summed E-state index contributed by atoms with van der Waals surface area (Å²) in [5.74, 6) is 1.95. The summed E-state index contributed by atoms with van der Waals surface area (Å²) in [6, 6.07) is 0. The zero-order chi connectivity index (χ0) is 16.3. The molecule has 2 fully saturated rings. The van der Waals surface area contributed by atoms with Crippen LogP contribution in [0.25, 0.3) is 0 Å². The van der Waals surface area contributed by atoms with Crippen LogP contribution in [0.2, 0.25) is 0 Å². The lowest BCUT2D eigenvalue weighted by molar-refractivity contribution is 0.280. The van der Waals surface area contributed by atoms with Crippen molar-refractivity contribution < 1.29 is 0 Å². The molecule has 24 heavy (non-hydrogen) atoms. The van der Waals surface area contributed by atoms with Crippen LogP contribution in [0, 0.1) is 5.92 Å². The number of hydrogen-bond donors (Lipinski definition) is 2. The highest BCUT2D eigenvalue weighted by Gasteiger charge is 2.14. The second-order valence-electron chi connectivity index (χ2n) is 7.22. The predicted molar refractivity (Wildman–Crippen MR) is 115 cm³/mol. The third kappa shape index (κ3) is 8.85. The lowest BCUT2D eigenvalue weighted by Crippen LogP contribution is -2.42. The summed E-state index contributed by atoms with van der Waals surface area (Å²) >= 11 is 0. The van der Waals surface area contributed by atoms with Gasteiger partial charge in [0.15, 0.2) is 5.96 Å². The Morgan fingerprint density at radius 1 is 1.00 bits per heavy atom. The maximum atomic E-state index is 4.34. The van der Waals surface area contributed by atoms with E-state index in [4.69, 9.17) is 0 Å². The molecule has 0 spiro atoms. The molecule has 1 saturated carbocycles. The quantitative estimate of drug-likeness (QED) is 0.270. The number of guanidine groups is 1. The van der Waals surface area contributed by atoms with Crippen molar-refractivity contribution in [3.05, 3.63) is 0 Å². The van der Waals surface area contributed by atoms with E-state index in [0.717, 1.165) is 31.5 Å². The van der Waals surface area contributed by atoms with Crippen molar-refractivity contribution in [2.45, 2.75) is 44.9 Å². The molecule has 0 unspecified atom stereocenters. The van der Waals surface area contributed by atoms with E-state index < -0.39 is 0 Å². The van der Waals surface area contributed by atoms with E-state index in [0.29, 0.717) is 0 Å². The monoisotopic (exact) mass is 451 g/mol. The average molecular weight is 451 g/mol. The Morgan fingerprint density at radius 2 is 1.75 bits per heavy atom. The standard InChI is InChI=1S/C18H37N5.HI/c1-19-18(20-10-5-9-17-7-3-4-8-17)21-11-14-23-13-6-12-22(2)15-16-23;/h17H,3-16H2,1-2H3,(H2,19,20,21);1H. The summed E-state index contributed by atoms with van der Waals surface area (Å²) in [5, 5.41) is 6.92. The second kappa shape index (κ2) is 13.2. The molecule has 0 aromatic carbocycles. The van der Waals surface area contributed by atoms with Crippen LogP contribution >= 0.6 is 24.0 Å². The molecule has 1 aliphatic heterocycles. The summed E-state index contributed by atoms with van der Waals surface area (Å²) in [6.45, 7) is 7.96. The van der Waals surface area contributed by atoms with Crippen LogP contribution in [0.4, 0.5) is 0 Å². The van der Waals surface area contributed by atoms with Crippen LogP contribution in [0.1, 0.15) is 44.9 Å². The van der Waals surface area contributed by atoms with E-state index in [9.17, 15) is 0 Å². The highest BCUT2D eigenvalue weighted by atomic mass is 127. The first-order valence-electron chi connectivity index (χ1n) is 9.63. The van der Waals surface area contributed by atoms with Crippen LogP contribution in [0.15, 0.2) is 4.99 Å². The number of hydrogen-bond acceptors (Lipinski definition) is 3. The van der Waals surface area contributed by atoms with Gasteiger partial charge in [-0.25, -0.2) is 0 Å². The molecule has 1 heterocycles. The zero-order valence-electron chi connectivity index (χ0n) is 15.7. The van der Waals surface area contributed by atoms with Crippen molar-refractivity contribution in [3.8, 4) is 0 Å². The molecule has 2 rings (SSSR count). The molecule has 2 aliphatic rings. The normalized spacial score (nSPS) is 21.3. The molecule has 0 radical (unpaired) electrons. The Bertz CT molecular complexity index is 344. The average Bonchev–Trinajstić information content (AvgIpc) is 2.99. The van der Waals surface area contributed by atoms with Crippen molar-refractivity contribution in [3.63, 3.8) is 0 Å². The molecular formula is C18H38IN5. The summed E-state index contributed by atoms with van der Waals surface area (Å²) in [7, 11) is 4.09. The van der Waals surface area contributed by atoms with E-state index in [-0.39, 0.29) is 24.0 Å². The fourth-order valence-corrected chi connectivity index (χ4v) is 3.77. The van der Waals surface area contributed by atoms with Crippen molar-refractivity contribution in [1.82, 2.24) is 20.4 Å². The summed E-state index contributed by atoms with van der Waals surface area (Å²) in [5.41, 5.74) is 0. The van der Waals surface area contributed by atoms with E-state index in [1.807, 2.05) is 7.05 Å². The Kier molecular flexibility index (Phi) is 12.0. The number of rotatable bonds is 7. The molecule has 1 saturated heterocycles. The van der Waals surface area contributed by atoms with Gasteiger partial charge in [-0.05, 0) is 45.3 Å². The van der Waals surface area contributed by atoms with E-state index in [1.165, 1.54) is 71.1 Å². The fourth-order valence-electron chi connectivity index (χ4n) is 3.77. The van der Waals surface area contributed by atoms with Crippen LogP contribution in [0.3, 0.4) is 0 Å².